The molecule has 0 aliphatic rings. The maximum absolute atomic E-state index is 11.7. The number of phenols is 1. The molecule has 1 rings (SSSR count). The van der Waals surface area contributed by atoms with Gasteiger partial charge in [0.15, 0.2) is 0 Å². The molecule has 0 fully saturated rings. The van der Waals surface area contributed by atoms with Gasteiger partial charge in [0.2, 0.25) is 11.8 Å². The summed E-state index contributed by atoms with van der Waals surface area (Å²) in [5.41, 5.74) is -0.184. The Morgan fingerprint density at radius 2 is 1.89 bits per heavy atom. The zero-order chi connectivity index (χ0) is 14.6. The molecule has 0 bridgehead atoms. The molecule has 0 saturated heterocycles. The highest BCUT2D eigenvalue weighted by Crippen LogP contribution is 2.21. The van der Waals surface area contributed by atoms with E-state index in [1.807, 2.05) is 0 Å². The summed E-state index contributed by atoms with van der Waals surface area (Å²) in [4.78, 5) is 33.5. The zero-order valence-electron chi connectivity index (χ0n) is 10.4. The first kappa shape index (κ1) is 14.5. The second kappa shape index (κ2) is 5.85. The third-order valence-corrected chi connectivity index (χ3v) is 2.30. The number of hydrogen-bond acceptors (Lipinski definition) is 4. The molecule has 1 atom stereocenters. The van der Waals surface area contributed by atoms with Gasteiger partial charge in [-0.15, -0.1) is 0 Å². The molecule has 1 unspecified atom stereocenters. The predicted octanol–water partition coefficient (Wildman–Crippen LogP) is 0.553. The molecule has 19 heavy (non-hydrogen) atoms. The van der Waals surface area contributed by atoms with Crippen LogP contribution in [-0.4, -0.2) is 34.0 Å². The fraction of sp³-hybridized carbons (Fsp3) is 0.250. The third-order valence-electron chi connectivity index (χ3n) is 2.30. The number of nitrogens with one attached hydrogen (secondary N) is 2. The number of aromatic hydroxyl groups is 1. The standard InChI is InChI=1S/C12H14N2O5/c1-6(13-7(2)15)11(17)14-10-4-3-8(16)5-9(10)12(18)19/h3-6,16H,1-2H3,(H,13,15)(H,14,17)(H,18,19). The normalized spacial score (nSPS) is 11.5. The quantitative estimate of drug-likeness (QED) is 0.594. The number of rotatable bonds is 4. The van der Waals surface area contributed by atoms with E-state index < -0.39 is 17.9 Å². The van der Waals surface area contributed by atoms with Gasteiger partial charge in [0.25, 0.3) is 0 Å². The first-order valence-electron chi connectivity index (χ1n) is 5.45. The Bertz CT molecular complexity index is 527. The highest BCUT2D eigenvalue weighted by Gasteiger charge is 2.17. The molecule has 1 aromatic rings. The SMILES string of the molecule is CC(=O)NC(C)C(=O)Nc1ccc(O)cc1C(=O)O. The maximum atomic E-state index is 11.7. The Labute approximate surface area is 109 Å². The average Bonchev–Trinajstić information content (AvgIpc) is 2.30. The number of carbonyl (C=O) groups is 3. The van der Waals surface area contributed by atoms with Crippen molar-refractivity contribution in [2.45, 2.75) is 19.9 Å². The van der Waals surface area contributed by atoms with Crippen molar-refractivity contribution in [3.8, 4) is 5.75 Å². The smallest absolute Gasteiger partial charge is 0.337 e. The van der Waals surface area contributed by atoms with Crippen molar-refractivity contribution >= 4 is 23.5 Å². The molecule has 102 valence electrons. The van der Waals surface area contributed by atoms with E-state index in [0.29, 0.717) is 0 Å². The van der Waals surface area contributed by atoms with Gasteiger partial charge in [0.05, 0.1) is 11.3 Å². The second-order valence-corrected chi connectivity index (χ2v) is 3.95. The molecule has 0 radical (unpaired) electrons. The molecule has 2 amide bonds. The van der Waals surface area contributed by atoms with Crippen molar-refractivity contribution in [2.24, 2.45) is 0 Å². The van der Waals surface area contributed by atoms with E-state index in [-0.39, 0.29) is 22.9 Å². The van der Waals surface area contributed by atoms with Crippen LogP contribution in [0.5, 0.6) is 5.75 Å². The molecule has 0 heterocycles. The summed E-state index contributed by atoms with van der Waals surface area (Å²) in [6.45, 7) is 2.74. The van der Waals surface area contributed by atoms with Crippen LogP contribution in [0.25, 0.3) is 0 Å². The summed E-state index contributed by atoms with van der Waals surface area (Å²) >= 11 is 0. The Morgan fingerprint density at radius 3 is 2.42 bits per heavy atom. The first-order valence-corrected chi connectivity index (χ1v) is 5.45. The predicted molar refractivity (Wildman–Crippen MR) is 67.0 cm³/mol. The summed E-state index contributed by atoms with van der Waals surface area (Å²) < 4.78 is 0. The third kappa shape index (κ3) is 3.98. The van der Waals surface area contributed by atoms with E-state index in [9.17, 15) is 19.5 Å². The van der Waals surface area contributed by atoms with Crippen molar-refractivity contribution in [3.05, 3.63) is 23.8 Å². The highest BCUT2D eigenvalue weighted by atomic mass is 16.4. The lowest BCUT2D eigenvalue weighted by Gasteiger charge is -2.14. The fourth-order valence-corrected chi connectivity index (χ4v) is 1.43. The van der Waals surface area contributed by atoms with Gasteiger partial charge in [0, 0.05) is 6.92 Å². The van der Waals surface area contributed by atoms with Crippen LogP contribution in [0, 0.1) is 0 Å². The lowest BCUT2D eigenvalue weighted by Crippen LogP contribution is -2.40. The van der Waals surface area contributed by atoms with Gasteiger partial charge in [-0.3, -0.25) is 9.59 Å². The molecule has 1 aromatic carbocycles. The number of carbonyl (C=O) groups excluding carboxylic acids is 2. The van der Waals surface area contributed by atoms with Crippen LogP contribution in [0.4, 0.5) is 5.69 Å². The summed E-state index contributed by atoms with van der Waals surface area (Å²) in [5, 5.41) is 22.9. The van der Waals surface area contributed by atoms with Crippen LogP contribution >= 0.6 is 0 Å². The Balaban J connectivity index is 2.90. The van der Waals surface area contributed by atoms with E-state index >= 15 is 0 Å². The van der Waals surface area contributed by atoms with Crippen LogP contribution in [0.15, 0.2) is 18.2 Å². The van der Waals surface area contributed by atoms with Crippen LogP contribution in [0.1, 0.15) is 24.2 Å². The van der Waals surface area contributed by atoms with Crippen molar-refractivity contribution < 1.29 is 24.6 Å². The van der Waals surface area contributed by atoms with Crippen molar-refractivity contribution in [1.82, 2.24) is 5.32 Å². The molecular formula is C12H14N2O5. The van der Waals surface area contributed by atoms with Crippen LogP contribution < -0.4 is 10.6 Å². The Kier molecular flexibility index (Phi) is 4.46. The van der Waals surface area contributed by atoms with Crippen LogP contribution in [0.3, 0.4) is 0 Å². The largest absolute Gasteiger partial charge is 0.508 e. The summed E-state index contributed by atoms with van der Waals surface area (Å²) in [6, 6.07) is 2.76. The topological polar surface area (TPSA) is 116 Å². The number of phenolic OH excluding ortho intramolecular Hbond substituents is 1. The van der Waals surface area contributed by atoms with Crippen molar-refractivity contribution in [1.29, 1.82) is 0 Å². The lowest BCUT2D eigenvalue weighted by molar-refractivity contribution is -0.124. The van der Waals surface area contributed by atoms with Gasteiger partial charge >= 0.3 is 5.97 Å². The second-order valence-electron chi connectivity index (χ2n) is 3.95. The van der Waals surface area contributed by atoms with E-state index in [4.69, 9.17) is 5.11 Å². The zero-order valence-corrected chi connectivity index (χ0v) is 10.4. The van der Waals surface area contributed by atoms with Gasteiger partial charge in [-0.05, 0) is 25.1 Å². The van der Waals surface area contributed by atoms with Gasteiger partial charge in [-0.25, -0.2) is 4.79 Å². The molecule has 0 aliphatic heterocycles. The van der Waals surface area contributed by atoms with Gasteiger partial charge in [0.1, 0.15) is 11.8 Å². The van der Waals surface area contributed by atoms with Crippen molar-refractivity contribution in [2.75, 3.05) is 5.32 Å². The minimum absolute atomic E-state index is 0.0486. The minimum Gasteiger partial charge on any atom is -0.508 e. The lowest BCUT2D eigenvalue weighted by atomic mass is 10.1. The van der Waals surface area contributed by atoms with E-state index in [1.54, 1.807) is 0 Å². The first-order chi connectivity index (χ1) is 8.81. The molecule has 0 aliphatic carbocycles. The monoisotopic (exact) mass is 266 g/mol. The number of anilines is 1. The number of aromatic carboxylic acids is 1. The van der Waals surface area contributed by atoms with Gasteiger partial charge in [-0.1, -0.05) is 0 Å². The van der Waals surface area contributed by atoms with Crippen molar-refractivity contribution in [3.63, 3.8) is 0 Å². The summed E-state index contributed by atoms with van der Waals surface area (Å²) in [7, 11) is 0. The van der Waals surface area contributed by atoms with E-state index in [0.717, 1.165) is 6.07 Å². The molecule has 0 aromatic heterocycles. The summed E-state index contributed by atoms with van der Waals surface area (Å²) in [6.07, 6.45) is 0. The number of benzene rings is 1. The van der Waals surface area contributed by atoms with Crippen LogP contribution in [0.2, 0.25) is 0 Å². The Morgan fingerprint density at radius 1 is 1.26 bits per heavy atom. The molecule has 0 saturated carbocycles. The maximum Gasteiger partial charge on any atom is 0.337 e. The molecule has 4 N–H and O–H groups in total. The van der Waals surface area contributed by atoms with Gasteiger partial charge in [-0.2, -0.15) is 0 Å². The highest BCUT2D eigenvalue weighted by molar-refractivity contribution is 6.03. The van der Waals surface area contributed by atoms with E-state index in [1.165, 1.54) is 26.0 Å². The number of amides is 2. The molecule has 7 nitrogen and oxygen atoms in total. The van der Waals surface area contributed by atoms with Crippen LogP contribution in [-0.2, 0) is 9.59 Å². The van der Waals surface area contributed by atoms with E-state index in [2.05, 4.69) is 10.6 Å². The number of carboxylic acids is 1. The number of carboxylic acid groups (broad SMARTS) is 1. The molecular weight excluding hydrogens is 252 g/mol. The molecule has 0 spiro atoms. The summed E-state index contributed by atoms with van der Waals surface area (Å²) in [5.74, 6) is -2.42. The average molecular weight is 266 g/mol. The fourth-order valence-electron chi connectivity index (χ4n) is 1.43. The Hall–Kier alpha value is -2.57. The molecule has 7 heteroatoms. The van der Waals surface area contributed by atoms with Gasteiger partial charge < -0.3 is 20.8 Å². The number of hydrogen-bond donors (Lipinski definition) is 4. The minimum atomic E-state index is -1.28.